The first kappa shape index (κ1) is 18.3. The molecule has 0 aliphatic heterocycles. The molecule has 0 atom stereocenters. The van der Waals surface area contributed by atoms with Gasteiger partial charge >= 0.3 is 11.6 Å². The standard InChI is InChI=1S/C23H15NO5/c24-12-16-6-2-4-8-19(16)27-14-22(26)28-13-17-11-21(25)29-20-10-9-15-5-1-3-7-18(15)23(17)20/h1-11H,13-14H2. The van der Waals surface area contributed by atoms with E-state index >= 15 is 0 Å². The molecule has 0 N–H and O–H groups in total. The first-order valence-corrected chi connectivity index (χ1v) is 8.88. The van der Waals surface area contributed by atoms with Crippen LogP contribution in [-0.4, -0.2) is 12.6 Å². The van der Waals surface area contributed by atoms with Crippen LogP contribution in [-0.2, 0) is 16.1 Å². The van der Waals surface area contributed by atoms with E-state index in [4.69, 9.17) is 19.2 Å². The van der Waals surface area contributed by atoms with Crippen molar-refractivity contribution in [1.82, 2.24) is 0 Å². The predicted octanol–water partition coefficient (Wildman–Crippen LogP) is 3.94. The molecule has 0 bridgehead atoms. The van der Waals surface area contributed by atoms with Crippen molar-refractivity contribution in [2.75, 3.05) is 6.61 Å². The molecule has 4 rings (SSSR count). The molecule has 6 heteroatoms. The van der Waals surface area contributed by atoms with Crippen LogP contribution in [0.15, 0.2) is 75.9 Å². The lowest BCUT2D eigenvalue weighted by molar-refractivity contribution is -0.147. The van der Waals surface area contributed by atoms with Crippen molar-refractivity contribution in [3.63, 3.8) is 0 Å². The first-order valence-electron chi connectivity index (χ1n) is 8.88. The fraction of sp³-hybridized carbons (Fsp3) is 0.0870. The molecule has 0 unspecified atom stereocenters. The summed E-state index contributed by atoms with van der Waals surface area (Å²) >= 11 is 0. The highest BCUT2D eigenvalue weighted by atomic mass is 16.6. The molecular weight excluding hydrogens is 370 g/mol. The van der Waals surface area contributed by atoms with Crippen molar-refractivity contribution in [3.8, 4) is 11.8 Å². The van der Waals surface area contributed by atoms with Gasteiger partial charge in [-0.15, -0.1) is 0 Å². The highest BCUT2D eigenvalue weighted by Crippen LogP contribution is 2.27. The van der Waals surface area contributed by atoms with E-state index in [2.05, 4.69) is 0 Å². The summed E-state index contributed by atoms with van der Waals surface area (Å²) in [5.74, 6) is -0.303. The summed E-state index contributed by atoms with van der Waals surface area (Å²) in [7, 11) is 0. The molecule has 1 heterocycles. The van der Waals surface area contributed by atoms with Crippen molar-refractivity contribution < 1.29 is 18.7 Å². The quantitative estimate of drug-likeness (QED) is 0.294. The van der Waals surface area contributed by atoms with Crippen LogP contribution < -0.4 is 10.4 Å². The van der Waals surface area contributed by atoms with Gasteiger partial charge in [-0.25, -0.2) is 9.59 Å². The van der Waals surface area contributed by atoms with Crippen LogP contribution in [0, 0.1) is 11.3 Å². The van der Waals surface area contributed by atoms with E-state index in [0.29, 0.717) is 22.5 Å². The fourth-order valence-corrected chi connectivity index (χ4v) is 3.16. The molecule has 0 aliphatic rings. The molecule has 0 saturated heterocycles. The van der Waals surface area contributed by atoms with Gasteiger partial charge in [0.25, 0.3) is 0 Å². The Kier molecular flexibility index (Phi) is 4.95. The van der Waals surface area contributed by atoms with Gasteiger partial charge in [0.1, 0.15) is 24.0 Å². The summed E-state index contributed by atoms with van der Waals surface area (Å²) in [4.78, 5) is 24.0. The zero-order chi connectivity index (χ0) is 20.2. The Hall–Kier alpha value is -4.11. The molecule has 3 aromatic carbocycles. The van der Waals surface area contributed by atoms with Crippen molar-refractivity contribution in [1.29, 1.82) is 5.26 Å². The maximum atomic E-state index is 12.1. The van der Waals surface area contributed by atoms with Crippen LogP contribution in [0.5, 0.6) is 5.75 Å². The summed E-state index contributed by atoms with van der Waals surface area (Å²) in [5.41, 5.74) is 0.803. The van der Waals surface area contributed by atoms with Crippen LogP contribution in [0.25, 0.3) is 21.7 Å². The lowest BCUT2D eigenvalue weighted by atomic mass is 10.0. The molecule has 142 valence electrons. The van der Waals surface area contributed by atoms with Crippen molar-refractivity contribution in [2.45, 2.75) is 6.61 Å². The molecular formula is C23H15NO5. The minimum atomic E-state index is -0.612. The van der Waals surface area contributed by atoms with Crippen LogP contribution in [0.4, 0.5) is 0 Å². The number of nitriles is 1. The van der Waals surface area contributed by atoms with Gasteiger partial charge in [-0.2, -0.15) is 5.26 Å². The van der Waals surface area contributed by atoms with Gasteiger partial charge < -0.3 is 13.9 Å². The second-order valence-corrected chi connectivity index (χ2v) is 6.31. The Morgan fingerprint density at radius 2 is 1.83 bits per heavy atom. The largest absolute Gasteiger partial charge is 0.481 e. The Morgan fingerprint density at radius 1 is 1.03 bits per heavy atom. The molecule has 6 nitrogen and oxygen atoms in total. The molecule has 0 amide bonds. The number of hydrogen-bond donors (Lipinski definition) is 0. The monoisotopic (exact) mass is 385 g/mol. The average Bonchev–Trinajstić information content (AvgIpc) is 2.75. The summed E-state index contributed by atoms with van der Waals surface area (Å²) in [6, 6.07) is 21.2. The Balaban J connectivity index is 1.55. The molecule has 0 aliphatic carbocycles. The molecule has 1 aromatic heterocycles. The SMILES string of the molecule is N#Cc1ccccc1OCC(=O)OCc1cc(=O)oc2ccc3ccccc3c12. The zero-order valence-electron chi connectivity index (χ0n) is 15.3. The van der Waals surface area contributed by atoms with Gasteiger partial charge in [0, 0.05) is 17.0 Å². The summed E-state index contributed by atoms with van der Waals surface area (Å²) < 4.78 is 16.0. The zero-order valence-corrected chi connectivity index (χ0v) is 15.3. The third-order valence-electron chi connectivity index (χ3n) is 4.46. The van der Waals surface area contributed by atoms with E-state index in [9.17, 15) is 9.59 Å². The van der Waals surface area contributed by atoms with Crippen LogP contribution in [0.3, 0.4) is 0 Å². The second-order valence-electron chi connectivity index (χ2n) is 6.31. The highest BCUT2D eigenvalue weighted by Gasteiger charge is 2.13. The summed E-state index contributed by atoms with van der Waals surface area (Å²) in [5, 5.41) is 11.7. The number of para-hydroxylation sites is 1. The highest BCUT2D eigenvalue weighted by molar-refractivity contribution is 6.07. The third kappa shape index (κ3) is 3.80. The van der Waals surface area contributed by atoms with E-state index in [1.807, 2.05) is 36.4 Å². The normalized spacial score (nSPS) is 10.6. The first-order chi connectivity index (χ1) is 14.2. The van der Waals surface area contributed by atoms with E-state index in [1.165, 1.54) is 6.07 Å². The van der Waals surface area contributed by atoms with Gasteiger partial charge in [-0.3, -0.25) is 0 Å². The number of nitrogens with zero attached hydrogens (tertiary/aromatic N) is 1. The number of ether oxygens (including phenoxy) is 2. The number of hydrogen-bond acceptors (Lipinski definition) is 6. The molecule has 0 saturated carbocycles. The van der Waals surface area contributed by atoms with Gasteiger partial charge in [0.2, 0.25) is 0 Å². The van der Waals surface area contributed by atoms with E-state index in [0.717, 1.165) is 16.2 Å². The average molecular weight is 385 g/mol. The summed E-state index contributed by atoms with van der Waals surface area (Å²) in [6.07, 6.45) is 0. The number of esters is 1. The second kappa shape index (κ2) is 7.87. The number of carbonyl (C=O) groups is 1. The third-order valence-corrected chi connectivity index (χ3v) is 4.46. The maximum absolute atomic E-state index is 12.1. The number of benzene rings is 3. The van der Waals surface area contributed by atoms with Gasteiger partial charge in [0.15, 0.2) is 6.61 Å². The Labute approximate surface area is 165 Å². The molecule has 4 aromatic rings. The minimum Gasteiger partial charge on any atom is -0.481 e. The van der Waals surface area contributed by atoms with Crippen molar-refractivity contribution >= 4 is 27.7 Å². The lowest BCUT2D eigenvalue weighted by Gasteiger charge is -2.10. The molecule has 0 radical (unpaired) electrons. The van der Waals surface area contributed by atoms with Crippen LogP contribution in [0.1, 0.15) is 11.1 Å². The Bertz CT molecular complexity index is 1320. The fourth-order valence-electron chi connectivity index (χ4n) is 3.16. The predicted molar refractivity (Wildman–Crippen MR) is 106 cm³/mol. The van der Waals surface area contributed by atoms with Gasteiger partial charge in [-0.1, -0.05) is 42.5 Å². The number of rotatable bonds is 5. The molecule has 29 heavy (non-hydrogen) atoms. The smallest absolute Gasteiger partial charge is 0.344 e. The van der Waals surface area contributed by atoms with E-state index in [-0.39, 0.29) is 13.2 Å². The Morgan fingerprint density at radius 3 is 2.69 bits per heavy atom. The topological polar surface area (TPSA) is 89.5 Å². The number of fused-ring (bicyclic) bond motifs is 3. The van der Waals surface area contributed by atoms with E-state index in [1.54, 1.807) is 30.3 Å². The van der Waals surface area contributed by atoms with Gasteiger partial charge in [-0.05, 0) is 29.0 Å². The summed E-state index contributed by atoms with van der Waals surface area (Å²) in [6.45, 7) is -0.447. The number of carbonyl (C=O) groups excluding carboxylic acids is 1. The van der Waals surface area contributed by atoms with E-state index < -0.39 is 11.6 Å². The lowest BCUT2D eigenvalue weighted by Crippen LogP contribution is -2.16. The van der Waals surface area contributed by atoms with Crippen molar-refractivity contribution in [3.05, 3.63) is 88.3 Å². The van der Waals surface area contributed by atoms with Crippen LogP contribution >= 0.6 is 0 Å². The molecule has 0 spiro atoms. The van der Waals surface area contributed by atoms with Crippen LogP contribution in [0.2, 0.25) is 0 Å². The van der Waals surface area contributed by atoms with Crippen molar-refractivity contribution in [2.24, 2.45) is 0 Å². The van der Waals surface area contributed by atoms with Gasteiger partial charge in [0.05, 0.1) is 5.56 Å². The molecule has 0 fully saturated rings. The minimum absolute atomic E-state index is 0.0990. The maximum Gasteiger partial charge on any atom is 0.344 e.